The summed E-state index contributed by atoms with van der Waals surface area (Å²) in [6.45, 7) is 4.23. The second kappa shape index (κ2) is 6.60. The van der Waals surface area contributed by atoms with Crippen LogP contribution in [0.4, 0.5) is 5.82 Å². The zero-order chi connectivity index (χ0) is 15.4. The average molecular weight is 296 g/mol. The number of hydrogen-bond donors (Lipinski definition) is 0. The molecule has 1 aliphatic rings. The maximum atomic E-state index is 12.4. The topological polar surface area (TPSA) is 42.4 Å². The van der Waals surface area contributed by atoms with E-state index in [1.54, 1.807) is 18.3 Å². The summed E-state index contributed by atoms with van der Waals surface area (Å²) in [5.74, 6) is 0.435. The molecule has 2 aromatic rings. The molecule has 1 aromatic heterocycles. The van der Waals surface area contributed by atoms with Gasteiger partial charge in [-0.1, -0.05) is 29.8 Å². The lowest BCUT2D eigenvalue weighted by Gasteiger charge is -2.19. The summed E-state index contributed by atoms with van der Waals surface area (Å²) in [6.07, 6.45) is 4.02. The third-order valence-corrected chi connectivity index (χ3v) is 3.90. The fourth-order valence-electron chi connectivity index (χ4n) is 2.65. The second-order valence-corrected chi connectivity index (χ2v) is 5.63. The van der Waals surface area contributed by atoms with Crippen molar-refractivity contribution in [3.8, 4) is 0 Å². The quantitative estimate of drug-likeness (QED) is 0.812. The fourth-order valence-corrected chi connectivity index (χ4v) is 2.65. The molecule has 0 N–H and O–H groups in total. The predicted molar refractivity (Wildman–Crippen MR) is 86.0 cm³/mol. The minimum absolute atomic E-state index is 0.285. The Morgan fingerprint density at radius 2 is 1.91 bits per heavy atom. The summed E-state index contributed by atoms with van der Waals surface area (Å²) in [4.78, 5) is 18.9. The third kappa shape index (κ3) is 3.27. The molecule has 2 heterocycles. The van der Waals surface area contributed by atoms with Crippen LogP contribution in [0.25, 0.3) is 0 Å². The lowest BCUT2D eigenvalue weighted by Crippen LogP contribution is -2.22. The smallest absolute Gasteiger partial charge is 0.342 e. The van der Waals surface area contributed by atoms with Gasteiger partial charge in [0.2, 0.25) is 0 Å². The zero-order valence-electron chi connectivity index (χ0n) is 12.8. The van der Waals surface area contributed by atoms with Gasteiger partial charge in [-0.2, -0.15) is 0 Å². The van der Waals surface area contributed by atoms with Gasteiger partial charge in [-0.15, -0.1) is 0 Å². The van der Waals surface area contributed by atoms with Gasteiger partial charge in [-0.25, -0.2) is 9.78 Å². The molecule has 1 aliphatic heterocycles. The minimum Gasteiger partial charge on any atom is -0.457 e. The number of hydrogen-bond acceptors (Lipinski definition) is 4. The molecule has 1 saturated heterocycles. The van der Waals surface area contributed by atoms with Gasteiger partial charge in [-0.05, 0) is 37.5 Å². The van der Waals surface area contributed by atoms with Crippen LogP contribution in [-0.2, 0) is 11.3 Å². The van der Waals surface area contributed by atoms with Crippen LogP contribution in [0, 0.1) is 6.92 Å². The number of anilines is 1. The molecule has 114 valence electrons. The molecular weight excluding hydrogens is 276 g/mol. The first-order valence-corrected chi connectivity index (χ1v) is 7.67. The van der Waals surface area contributed by atoms with Gasteiger partial charge < -0.3 is 9.64 Å². The van der Waals surface area contributed by atoms with Crippen molar-refractivity contribution in [2.45, 2.75) is 26.4 Å². The van der Waals surface area contributed by atoms with Crippen molar-refractivity contribution in [3.05, 3.63) is 59.3 Å². The second-order valence-electron chi connectivity index (χ2n) is 5.63. The maximum Gasteiger partial charge on any atom is 0.342 e. The number of esters is 1. The number of nitrogens with zero attached hydrogens (tertiary/aromatic N) is 2. The highest BCUT2D eigenvalue weighted by Gasteiger charge is 2.21. The van der Waals surface area contributed by atoms with Crippen molar-refractivity contribution in [2.75, 3.05) is 18.0 Å². The normalized spacial score (nSPS) is 14.1. The van der Waals surface area contributed by atoms with Gasteiger partial charge in [0.1, 0.15) is 18.0 Å². The van der Waals surface area contributed by atoms with Crippen molar-refractivity contribution in [2.24, 2.45) is 0 Å². The van der Waals surface area contributed by atoms with E-state index in [2.05, 4.69) is 9.88 Å². The standard InChI is InChI=1S/C18H20N2O2/c1-14-6-8-15(9-7-14)13-22-18(21)16-5-4-10-19-17(16)20-11-2-3-12-20/h4-10H,2-3,11-13H2,1H3. The monoisotopic (exact) mass is 296 g/mol. The molecule has 0 unspecified atom stereocenters. The Morgan fingerprint density at radius 1 is 1.18 bits per heavy atom. The number of benzene rings is 1. The first-order valence-electron chi connectivity index (χ1n) is 7.67. The van der Waals surface area contributed by atoms with E-state index in [1.165, 1.54) is 5.56 Å². The molecule has 3 rings (SSSR count). The summed E-state index contributed by atoms with van der Waals surface area (Å²) in [7, 11) is 0. The summed E-state index contributed by atoms with van der Waals surface area (Å²) >= 11 is 0. The third-order valence-electron chi connectivity index (χ3n) is 3.90. The van der Waals surface area contributed by atoms with Crippen LogP contribution >= 0.6 is 0 Å². The number of rotatable bonds is 4. The Kier molecular flexibility index (Phi) is 4.37. The molecule has 4 nitrogen and oxygen atoms in total. The number of aryl methyl sites for hydroxylation is 1. The van der Waals surface area contributed by atoms with Crippen molar-refractivity contribution in [3.63, 3.8) is 0 Å². The SMILES string of the molecule is Cc1ccc(COC(=O)c2cccnc2N2CCCC2)cc1. The first kappa shape index (κ1) is 14.6. The summed E-state index contributed by atoms with van der Waals surface area (Å²) in [6, 6.07) is 11.6. The number of aromatic nitrogens is 1. The van der Waals surface area contributed by atoms with E-state index in [4.69, 9.17) is 4.74 Å². The highest BCUT2D eigenvalue weighted by molar-refractivity contribution is 5.94. The van der Waals surface area contributed by atoms with E-state index >= 15 is 0 Å². The van der Waals surface area contributed by atoms with Gasteiger partial charge in [0.25, 0.3) is 0 Å². The highest BCUT2D eigenvalue weighted by Crippen LogP contribution is 2.22. The number of ether oxygens (including phenoxy) is 1. The van der Waals surface area contributed by atoms with Gasteiger partial charge in [0.05, 0.1) is 0 Å². The Morgan fingerprint density at radius 3 is 2.64 bits per heavy atom. The first-order chi connectivity index (χ1) is 10.7. The molecule has 0 spiro atoms. The van der Waals surface area contributed by atoms with Crippen molar-refractivity contribution in [1.29, 1.82) is 0 Å². The average Bonchev–Trinajstić information content (AvgIpc) is 3.08. The number of carbonyl (C=O) groups excluding carboxylic acids is 1. The number of pyridine rings is 1. The molecule has 0 atom stereocenters. The van der Waals surface area contributed by atoms with Crippen molar-refractivity contribution in [1.82, 2.24) is 4.98 Å². The van der Waals surface area contributed by atoms with E-state index in [1.807, 2.05) is 31.2 Å². The molecule has 0 amide bonds. The Bertz CT molecular complexity index is 646. The lowest BCUT2D eigenvalue weighted by atomic mass is 10.2. The molecule has 0 radical (unpaired) electrons. The minimum atomic E-state index is -0.310. The van der Waals surface area contributed by atoms with Crippen LogP contribution in [0.3, 0.4) is 0 Å². The Hall–Kier alpha value is -2.36. The largest absolute Gasteiger partial charge is 0.457 e. The maximum absolute atomic E-state index is 12.4. The van der Waals surface area contributed by atoms with Crippen LogP contribution in [0.2, 0.25) is 0 Å². The van der Waals surface area contributed by atoms with Crippen LogP contribution in [0.5, 0.6) is 0 Å². The van der Waals surface area contributed by atoms with Gasteiger partial charge >= 0.3 is 5.97 Å². The predicted octanol–water partition coefficient (Wildman–Crippen LogP) is 3.35. The van der Waals surface area contributed by atoms with Crippen LogP contribution < -0.4 is 4.90 Å². The summed E-state index contributed by atoms with van der Waals surface area (Å²) in [5.41, 5.74) is 2.74. The molecule has 0 saturated carbocycles. The van der Waals surface area contributed by atoms with Crippen molar-refractivity contribution >= 4 is 11.8 Å². The van der Waals surface area contributed by atoms with E-state index in [-0.39, 0.29) is 12.6 Å². The molecule has 4 heteroatoms. The van der Waals surface area contributed by atoms with E-state index in [9.17, 15) is 4.79 Å². The highest BCUT2D eigenvalue weighted by atomic mass is 16.5. The van der Waals surface area contributed by atoms with Crippen LogP contribution in [0.1, 0.15) is 34.3 Å². The van der Waals surface area contributed by atoms with Gasteiger partial charge in [-0.3, -0.25) is 0 Å². The van der Waals surface area contributed by atoms with E-state index < -0.39 is 0 Å². The van der Waals surface area contributed by atoms with E-state index in [0.717, 1.165) is 37.3 Å². The van der Waals surface area contributed by atoms with Crippen LogP contribution in [-0.4, -0.2) is 24.0 Å². The number of carbonyl (C=O) groups is 1. The molecule has 1 fully saturated rings. The Labute approximate surface area is 130 Å². The van der Waals surface area contributed by atoms with Crippen LogP contribution in [0.15, 0.2) is 42.6 Å². The fraction of sp³-hybridized carbons (Fsp3) is 0.333. The van der Waals surface area contributed by atoms with Gasteiger partial charge in [0, 0.05) is 19.3 Å². The van der Waals surface area contributed by atoms with E-state index in [0.29, 0.717) is 5.56 Å². The summed E-state index contributed by atoms with van der Waals surface area (Å²) in [5, 5.41) is 0. The molecule has 0 aliphatic carbocycles. The Balaban J connectivity index is 1.70. The molecular formula is C18H20N2O2. The molecule has 1 aromatic carbocycles. The molecule has 0 bridgehead atoms. The molecule has 22 heavy (non-hydrogen) atoms. The van der Waals surface area contributed by atoms with Gasteiger partial charge in [0.15, 0.2) is 0 Å². The lowest BCUT2D eigenvalue weighted by molar-refractivity contribution is 0.0473. The zero-order valence-corrected chi connectivity index (χ0v) is 12.8. The summed E-state index contributed by atoms with van der Waals surface area (Å²) < 4.78 is 5.45. The van der Waals surface area contributed by atoms with Crippen molar-refractivity contribution < 1.29 is 9.53 Å².